The molecular weight excluding hydrogens is 957 g/mol. The van der Waals surface area contributed by atoms with Crippen molar-refractivity contribution in [2.75, 3.05) is 13.2 Å². The van der Waals surface area contributed by atoms with Gasteiger partial charge in [-0.1, -0.05) is 176 Å². The molecule has 14 nitrogen and oxygen atoms in total. The van der Waals surface area contributed by atoms with Crippen molar-refractivity contribution in [2.45, 2.75) is 87.8 Å². The van der Waals surface area contributed by atoms with Gasteiger partial charge in [-0.05, 0) is 58.7 Å². The maximum absolute atomic E-state index is 14.3. The molecule has 2 saturated heterocycles. The minimum Gasteiger partial charge on any atom is -0.459 e. The lowest BCUT2D eigenvalue weighted by Crippen LogP contribution is -2.66. The zero-order chi connectivity index (χ0) is 51.6. The van der Waals surface area contributed by atoms with Crippen molar-refractivity contribution < 1.29 is 66.9 Å². The first-order valence-corrected chi connectivity index (χ1v) is 24.8. The van der Waals surface area contributed by atoms with Gasteiger partial charge < -0.3 is 52.5 Å². The number of rotatable bonds is 22. The first-order valence-electron chi connectivity index (χ1n) is 24.8. The second-order valence-electron chi connectivity index (χ2n) is 17.9. The van der Waals surface area contributed by atoms with E-state index in [0.717, 1.165) is 22.3 Å². The van der Waals surface area contributed by atoms with Gasteiger partial charge in [-0.25, -0.2) is 14.4 Å². The number of esters is 3. The van der Waals surface area contributed by atoms with E-state index in [0.29, 0.717) is 5.56 Å². The molecule has 7 aromatic carbocycles. The van der Waals surface area contributed by atoms with Gasteiger partial charge in [0.25, 0.3) is 0 Å². The van der Waals surface area contributed by atoms with Gasteiger partial charge >= 0.3 is 17.9 Å². The monoisotopic (exact) mass is 1010 g/mol. The number of carbonyl (C=O) groups is 3. The SMILES string of the molecule is O=C(OC[C@H]1O[C@@H](O[C@H]2[C@H](OC(=O)c3ccccc3)[C@H](OC(=O)c3ccccc3)[C@@H](O)O[C@@H]2COCc2ccccc2)[C@@H](OCc2ccccc2)[C@@H](OCc2ccccc2)[C@@H]1OCc1ccccc1)c1ccccc1. The van der Waals surface area contributed by atoms with Crippen LogP contribution in [-0.2, 0) is 73.8 Å². The molecule has 7 aromatic rings. The average molecular weight is 1020 g/mol. The third-order valence-electron chi connectivity index (χ3n) is 12.6. The molecule has 0 radical (unpaired) electrons. The van der Waals surface area contributed by atoms with Gasteiger partial charge in [0, 0.05) is 0 Å². The molecule has 75 heavy (non-hydrogen) atoms. The Morgan fingerprint density at radius 2 is 0.747 bits per heavy atom. The van der Waals surface area contributed by atoms with Crippen LogP contribution in [0.5, 0.6) is 0 Å². The molecule has 10 atom stereocenters. The van der Waals surface area contributed by atoms with E-state index in [9.17, 15) is 19.5 Å². The summed E-state index contributed by atoms with van der Waals surface area (Å²) in [6, 6.07) is 63.1. The van der Waals surface area contributed by atoms with E-state index in [1.165, 1.54) is 0 Å². The molecule has 2 aliphatic heterocycles. The van der Waals surface area contributed by atoms with Gasteiger partial charge in [0.2, 0.25) is 0 Å². The highest BCUT2D eigenvalue weighted by Gasteiger charge is 2.56. The fraction of sp³-hybridized carbons (Fsp3) is 0.262. The molecule has 386 valence electrons. The Labute approximate surface area is 435 Å². The summed E-state index contributed by atoms with van der Waals surface area (Å²) in [4.78, 5) is 41.9. The van der Waals surface area contributed by atoms with Crippen LogP contribution < -0.4 is 0 Å². The number of carbonyl (C=O) groups excluding carboxylic acids is 3. The Balaban J connectivity index is 1.13. The van der Waals surface area contributed by atoms with Gasteiger partial charge in [0.1, 0.15) is 43.2 Å². The third kappa shape index (κ3) is 14.5. The zero-order valence-electron chi connectivity index (χ0n) is 41.0. The molecule has 0 aliphatic carbocycles. The van der Waals surface area contributed by atoms with E-state index < -0.39 is 79.3 Å². The summed E-state index contributed by atoms with van der Waals surface area (Å²) < 4.78 is 65.8. The highest BCUT2D eigenvalue weighted by Crippen LogP contribution is 2.36. The lowest BCUT2D eigenvalue weighted by atomic mass is 9.95. The summed E-state index contributed by atoms with van der Waals surface area (Å²) in [5, 5.41) is 11.9. The minimum atomic E-state index is -1.85. The average Bonchev–Trinajstić information content (AvgIpc) is 3.46. The van der Waals surface area contributed by atoms with Crippen LogP contribution >= 0.6 is 0 Å². The fourth-order valence-corrected chi connectivity index (χ4v) is 8.81. The molecule has 2 fully saturated rings. The van der Waals surface area contributed by atoms with E-state index in [4.69, 9.17) is 47.4 Å². The maximum Gasteiger partial charge on any atom is 0.338 e. The summed E-state index contributed by atoms with van der Waals surface area (Å²) in [5.41, 5.74) is 4.03. The van der Waals surface area contributed by atoms with E-state index >= 15 is 0 Å². The molecule has 0 unspecified atom stereocenters. The highest BCUT2D eigenvalue weighted by molar-refractivity contribution is 5.90. The molecule has 2 heterocycles. The molecule has 2 aliphatic rings. The lowest BCUT2D eigenvalue weighted by molar-refractivity contribution is -0.366. The summed E-state index contributed by atoms with van der Waals surface area (Å²) in [6.45, 7) is -0.163. The van der Waals surface area contributed by atoms with Crippen molar-refractivity contribution in [3.63, 3.8) is 0 Å². The van der Waals surface area contributed by atoms with Crippen LogP contribution in [0.25, 0.3) is 0 Å². The zero-order valence-corrected chi connectivity index (χ0v) is 41.0. The number of aliphatic hydroxyl groups excluding tert-OH is 1. The van der Waals surface area contributed by atoms with Gasteiger partial charge in [-0.15, -0.1) is 0 Å². The lowest BCUT2D eigenvalue weighted by Gasteiger charge is -2.49. The predicted molar refractivity (Wildman–Crippen MR) is 274 cm³/mol. The number of benzene rings is 7. The van der Waals surface area contributed by atoms with Gasteiger partial charge in [-0.3, -0.25) is 0 Å². The standard InChI is InChI=1S/C61H58O14/c62-57(46-30-16-5-17-31-46)70-41-50-51(67-37-43-24-10-2-11-25-43)53(68-38-44-26-12-3-13-27-44)56(69-39-45-28-14-4-15-29-45)61(72-50)75-52-49(40-66-36-42-22-8-1-9-23-42)71-60(65)55(74-59(64)48-34-20-7-21-35-48)54(52)73-58(63)47-32-18-6-19-33-47/h1-35,49-56,60-61,65H,36-41H2/t49-,50-,51-,52-,53+,54+,55+,56+,60+,61+/m1/s1. The topological polar surface area (TPSA) is 164 Å². The van der Waals surface area contributed by atoms with Gasteiger partial charge in [0.05, 0.1) is 49.7 Å². The maximum atomic E-state index is 14.3. The third-order valence-corrected chi connectivity index (χ3v) is 12.6. The van der Waals surface area contributed by atoms with Crippen molar-refractivity contribution in [1.82, 2.24) is 0 Å². The Morgan fingerprint density at radius 3 is 1.21 bits per heavy atom. The van der Waals surface area contributed by atoms with Gasteiger partial charge in [-0.2, -0.15) is 0 Å². The molecule has 14 heteroatoms. The van der Waals surface area contributed by atoms with Crippen LogP contribution in [-0.4, -0.2) is 97.6 Å². The summed E-state index contributed by atoms with van der Waals surface area (Å²) in [7, 11) is 0. The van der Waals surface area contributed by atoms with Crippen molar-refractivity contribution in [2.24, 2.45) is 0 Å². The Hall–Kier alpha value is -7.37. The number of hydrogen-bond donors (Lipinski definition) is 1. The molecule has 0 aromatic heterocycles. The fourth-order valence-electron chi connectivity index (χ4n) is 8.81. The Bertz CT molecular complexity index is 2810. The quantitative estimate of drug-likeness (QED) is 0.0505. The van der Waals surface area contributed by atoms with Crippen LogP contribution in [0.1, 0.15) is 53.3 Å². The Kier molecular flexibility index (Phi) is 18.7. The molecule has 0 amide bonds. The summed E-state index contributed by atoms with van der Waals surface area (Å²) in [6.07, 6.45) is -13.4. The summed E-state index contributed by atoms with van der Waals surface area (Å²) >= 11 is 0. The first-order chi connectivity index (χ1) is 36.9. The van der Waals surface area contributed by atoms with Crippen LogP contribution in [0.4, 0.5) is 0 Å². The molecule has 0 bridgehead atoms. The van der Waals surface area contributed by atoms with E-state index in [2.05, 4.69) is 0 Å². The first kappa shape index (κ1) is 52.5. The van der Waals surface area contributed by atoms with Crippen LogP contribution in [0, 0.1) is 0 Å². The van der Waals surface area contributed by atoms with Crippen molar-refractivity contribution in [3.05, 3.63) is 251 Å². The normalized spacial score (nSPS) is 23.4. The van der Waals surface area contributed by atoms with Crippen molar-refractivity contribution in [3.8, 4) is 0 Å². The Morgan fingerprint density at radius 1 is 0.373 bits per heavy atom. The van der Waals surface area contributed by atoms with Crippen LogP contribution in [0.3, 0.4) is 0 Å². The number of ether oxygens (including phenoxy) is 10. The largest absolute Gasteiger partial charge is 0.459 e. The van der Waals surface area contributed by atoms with E-state index in [-0.39, 0.29) is 50.8 Å². The van der Waals surface area contributed by atoms with E-state index in [1.54, 1.807) is 91.0 Å². The van der Waals surface area contributed by atoms with Crippen molar-refractivity contribution >= 4 is 17.9 Å². The second-order valence-corrected chi connectivity index (χ2v) is 17.9. The van der Waals surface area contributed by atoms with E-state index in [1.807, 2.05) is 121 Å². The molecule has 0 spiro atoms. The highest BCUT2D eigenvalue weighted by atomic mass is 16.8. The van der Waals surface area contributed by atoms with Gasteiger partial charge in [0.15, 0.2) is 24.8 Å². The number of aliphatic hydroxyl groups is 1. The predicted octanol–water partition coefficient (Wildman–Crippen LogP) is 9.09. The van der Waals surface area contributed by atoms with Crippen molar-refractivity contribution in [1.29, 1.82) is 0 Å². The number of hydrogen-bond acceptors (Lipinski definition) is 14. The molecular formula is C61H58O14. The van der Waals surface area contributed by atoms with Crippen LogP contribution in [0.2, 0.25) is 0 Å². The second kappa shape index (κ2) is 26.7. The smallest absolute Gasteiger partial charge is 0.338 e. The molecule has 9 rings (SSSR count). The minimum absolute atomic E-state index is 0.0478. The molecule has 1 N–H and O–H groups in total. The van der Waals surface area contributed by atoms with Crippen LogP contribution in [0.15, 0.2) is 212 Å². The summed E-state index contributed by atoms with van der Waals surface area (Å²) in [5.74, 6) is -2.24. The molecule has 0 saturated carbocycles.